The highest BCUT2D eigenvalue weighted by molar-refractivity contribution is 9.10. The van der Waals surface area contributed by atoms with Gasteiger partial charge < -0.3 is 14.6 Å². The molecule has 0 spiro atoms. The molecule has 0 bridgehead atoms. The molecule has 0 aliphatic carbocycles. The predicted octanol–water partition coefficient (Wildman–Crippen LogP) is 6.08. The largest absolute Gasteiger partial charge is 0.450 e. The number of aromatic nitrogens is 2. The Morgan fingerprint density at radius 2 is 1.84 bits per heavy atom. The Kier molecular flexibility index (Phi) is 5.36. The molecule has 0 unspecified atom stereocenters. The van der Waals surface area contributed by atoms with Gasteiger partial charge in [0.05, 0.1) is 5.69 Å². The number of hydrogen-bond donors (Lipinski definition) is 1. The van der Waals surface area contributed by atoms with Crippen molar-refractivity contribution in [3.05, 3.63) is 58.3 Å². The normalized spacial score (nSPS) is 14.7. The number of aryl methyl sites for hydroxylation is 1. The molecule has 2 aromatic carbocycles. The molecule has 4 aromatic rings. The number of rotatable bonds is 3. The third-order valence-electron chi connectivity index (χ3n) is 5.68. The molecule has 6 nitrogen and oxygen atoms in total. The van der Waals surface area contributed by atoms with E-state index >= 15 is 0 Å². The molecule has 158 valence electrons. The van der Waals surface area contributed by atoms with Gasteiger partial charge in [0.25, 0.3) is 5.91 Å². The fraction of sp³-hybridized carbons (Fsp3) is 0.292. The Morgan fingerprint density at radius 1 is 1.06 bits per heavy atom. The lowest BCUT2D eigenvalue weighted by atomic mass is 10.2. The molecule has 1 fully saturated rings. The van der Waals surface area contributed by atoms with Crippen LogP contribution in [0.15, 0.2) is 51.4 Å². The monoisotopic (exact) mass is 478 g/mol. The Morgan fingerprint density at radius 3 is 2.61 bits per heavy atom. The average molecular weight is 479 g/mol. The SMILES string of the molecule is Cc1ccc(NC(=O)c2nc(N3CCCCCC3)c3oc4ccccc4c3n2)c(Br)c1. The lowest BCUT2D eigenvalue weighted by molar-refractivity contribution is 0.101. The Bertz CT molecular complexity index is 1280. The maximum absolute atomic E-state index is 13.1. The molecule has 1 aliphatic heterocycles. The molecule has 1 amide bonds. The van der Waals surface area contributed by atoms with Gasteiger partial charge in [0.2, 0.25) is 5.82 Å². The van der Waals surface area contributed by atoms with Gasteiger partial charge in [-0.15, -0.1) is 0 Å². The first-order chi connectivity index (χ1) is 15.1. The van der Waals surface area contributed by atoms with Gasteiger partial charge in [0.15, 0.2) is 11.4 Å². The van der Waals surface area contributed by atoms with Crippen LogP contribution in [0, 0.1) is 6.92 Å². The van der Waals surface area contributed by atoms with Crippen LogP contribution >= 0.6 is 15.9 Å². The van der Waals surface area contributed by atoms with E-state index in [0.29, 0.717) is 22.6 Å². The first-order valence-electron chi connectivity index (χ1n) is 10.6. The standard InChI is InChI=1S/C24H23BrN4O2/c1-15-10-11-18(17(25)14-15)26-24(30)22-27-20-16-8-4-5-9-19(16)31-21(20)23(28-22)29-12-6-2-3-7-13-29/h4-5,8-11,14H,2-3,6-7,12-13H2,1H3,(H,26,30). The van der Waals surface area contributed by atoms with Gasteiger partial charge in [0, 0.05) is 22.9 Å². The second-order valence-corrected chi connectivity index (χ2v) is 8.84. The van der Waals surface area contributed by atoms with E-state index in [1.807, 2.05) is 49.4 Å². The predicted molar refractivity (Wildman–Crippen MR) is 127 cm³/mol. The topological polar surface area (TPSA) is 71.3 Å². The summed E-state index contributed by atoms with van der Waals surface area (Å²) >= 11 is 3.52. The third kappa shape index (κ3) is 3.90. The van der Waals surface area contributed by atoms with Gasteiger partial charge in [-0.2, -0.15) is 0 Å². The van der Waals surface area contributed by atoms with E-state index in [9.17, 15) is 4.79 Å². The number of anilines is 2. The number of carbonyl (C=O) groups is 1. The Labute approximate surface area is 188 Å². The molecule has 7 heteroatoms. The second-order valence-electron chi connectivity index (χ2n) is 7.99. The number of benzene rings is 2. The zero-order chi connectivity index (χ0) is 21.4. The molecule has 1 saturated heterocycles. The van der Waals surface area contributed by atoms with Crippen molar-refractivity contribution in [3.63, 3.8) is 0 Å². The summed E-state index contributed by atoms with van der Waals surface area (Å²) in [5.41, 5.74) is 3.87. The summed E-state index contributed by atoms with van der Waals surface area (Å²) in [4.78, 5) is 24.7. The van der Waals surface area contributed by atoms with Crippen LogP contribution in [-0.4, -0.2) is 29.0 Å². The third-order valence-corrected chi connectivity index (χ3v) is 6.34. The highest BCUT2D eigenvalue weighted by Crippen LogP contribution is 2.34. The van der Waals surface area contributed by atoms with Crippen LogP contribution in [0.5, 0.6) is 0 Å². The Hall–Kier alpha value is -2.93. The number of furan rings is 1. The number of nitrogens with one attached hydrogen (secondary N) is 1. The van der Waals surface area contributed by atoms with Crippen molar-refractivity contribution in [3.8, 4) is 0 Å². The molecule has 0 atom stereocenters. The molecule has 0 saturated carbocycles. The number of para-hydroxylation sites is 1. The maximum atomic E-state index is 13.1. The molecule has 1 N–H and O–H groups in total. The first kappa shape index (κ1) is 20.0. The van der Waals surface area contributed by atoms with Gasteiger partial charge in [-0.05, 0) is 65.5 Å². The van der Waals surface area contributed by atoms with Gasteiger partial charge in [-0.1, -0.05) is 31.0 Å². The van der Waals surface area contributed by atoms with Crippen molar-refractivity contribution in [2.45, 2.75) is 32.6 Å². The fourth-order valence-electron chi connectivity index (χ4n) is 4.07. The summed E-state index contributed by atoms with van der Waals surface area (Å²) in [6.07, 6.45) is 4.62. The van der Waals surface area contributed by atoms with Crippen LogP contribution in [0.1, 0.15) is 41.9 Å². The van der Waals surface area contributed by atoms with E-state index in [4.69, 9.17) is 9.40 Å². The van der Waals surface area contributed by atoms with Crippen molar-refractivity contribution in [2.24, 2.45) is 0 Å². The fourth-order valence-corrected chi connectivity index (χ4v) is 4.67. The summed E-state index contributed by atoms with van der Waals surface area (Å²) < 4.78 is 6.98. The number of carbonyl (C=O) groups excluding carboxylic acids is 1. The Balaban J connectivity index is 1.62. The molecular weight excluding hydrogens is 456 g/mol. The van der Waals surface area contributed by atoms with E-state index in [-0.39, 0.29) is 11.7 Å². The highest BCUT2D eigenvalue weighted by Gasteiger charge is 2.23. The van der Waals surface area contributed by atoms with E-state index in [1.165, 1.54) is 12.8 Å². The minimum Gasteiger partial charge on any atom is -0.450 e. The molecule has 1 aliphatic rings. The molecule has 31 heavy (non-hydrogen) atoms. The quantitative estimate of drug-likeness (QED) is 0.386. The van der Waals surface area contributed by atoms with Crippen molar-refractivity contribution >= 4 is 55.4 Å². The molecule has 2 aromatic heterocycles. The van der Waals surface area contributed by atoms with Crippen LogP contribution < -0.4 is 10.2 Å². The van der Waals surface area contributed by atoms with Crippen molar-refractivity contribution in [2.75, 3.05) is 23.3 Å². The zero-order valence-electron chi connectivity index (χ0n) is 17.3. The van der Waals surface area contributed by atoms with Gasteiger partial charge >= 0.3 is 0 Å². The minimum absolute atomic E-state index is 0.144. The molecule has 0 radical (unpaired) electrons. The minimum atomic E-state index is -0.340. The molecule has 5 rings (SSSR count). The van der Waals surface area contributed by atoms with Crippen LogP contribution in [-0.2, 0) is 0 Å². The number of hydrogen-bond acceptors (Lipinski definition) is 5. The van der Waals surface area contributed by atoms with E-state index in [1.54, 1.807) is 0 Å². The smallest absolute Gasteiger partial charge is 0.293 e. The molecular formula is C24H23BrN4O2. The van der Waals surface area contributed by atoms with Crippen molar-refractivity contribution in [1.29, 1.82) is 0 Å². The number of fused-ring (bicyclic) bond motifs is 3. The van der Waals surface area contributed by atoms with Crippen molar-refractivity contribution in [1.82, 2.24) is 9.97 Å². The highest BCUT2D eigenvalue weighted by atomic mass is 79.9. The van der Waals surface area contributed by atoms with Crippen LogP contribution in [0.2, 0.25) is 0 Å². The molecule has 3 heterocycles. The summed E-state index contributed by atoms with van der Waals surface area (Å²) in [6, 6.07) is 13.6. The van der Waals surface area contributed by atoms with Crippen LogP contribution in [0.3, 0.4) is 0 Å². The van der Waals surface area contributed by atoms with Crippen LogP contribution in [0.4, 0.5) is 11.5 Å². The zero-order valence-corrected chi connectivity index (χ0v) is 18.9. The van der Waals surface area contributed by atoms with Crippen LogP contribution in [0.25, 0.3) is 22.1 Å². The van der Waals surface area contributed by atoms with Gasteiger partial charge in [0.1, 0.15) is 11.1 Å². The first-order valence-corrected chi connectivity index (χ1v) is 11.4. The van der Waals surface area contributed by atoms with Gasteiger partial charge in [-0.25, -0.2) is 9.97 Å². The average Bonchev–Trinajstić information content (AvgIpc) is 2.93. The number of amides is 1. The van der Waals surface area contributed by atoms with E-state index in [2.05, 4.69) is 31.1 Å². The van der Waals surface area contributed by atoms with Gasteiger partial charge in [-0.3, -0.25) is 4.79 Å². The summed E-state index contributed by atoms with van der Waals surface area (Å²) in [7, 11) is 0. The van der Waals surface area contributed by atoms with Crippen molar-refractivity contribution < 1.29 is 9.21 Å². The second kappa shape index (κ2) is 8.30. The number of nitrogens with zero attached hydrogens (tertiary/aromatic N) is 3. The lowest BCUT2D eigenvalue weighted by Crippen LogP contribution is -2.26. The number of halogens is 1. The summed E-state index contributed by atoms with van der Waals surface area (Å²) in [5, 5.41) is 3.83. The lowest BCUT2D eigenvalue weighted by Gasteiger charge is -2.21. The summed E-state index contributed by atoms with van der Waals surface area (Å²) in [5.74, 6) is 0.509. The van der Waals surface area contributed by atoms with E-state index < -0.39 is 0 Å². The summed E-state index contributed by atoms with van der Waals surface area (Å²) in [6.45, 7) is 3.80. The van der Waals surface area contributed by atoms with E-state index in [0.717, 1.165) is 46.9 Å². The maximum Gasteiger partial charge on any atom is 0.293 e.